The monoisotopic (exact) mass is 557 g/mol. The van der Waals surface area contributed by atoms with Crippen LogP contribution in [0.25, 0.3) is 10.9 Å². The predicted molar refractivity (Wildman–Crippen MR) is 139 cm³/mol. The molecule has 2 heterocycles. The smallest absolute Gasteiger partial charge is 0.349 e. The molecule has 0 unspecified atom stereocenters. The summed E-state index contributed by atoms with van der Waals surface area (Å²) < 4.78 is 49.7. The number of anilines is 2. The van der Waals surface area contributed by atoms with Gasteiger partial charge in [-0.25, -0.2) is 23.2 Å². The quantitative estimate of drug-likeness (QED) is 0.277. The minimum absolute atomic E-state index is 0.0391. The Bertz CT molecular complexity index is 1570. The maximum Gasteiger partial charge on any atom is 0.349 e. The summed E-state index contributed by atoms with van der Waals surface area (Å²) in [5, 5.41) is 6.75. The van der Waals surface area contributed by atoms with E-state index in [-0.39, 0.29) is 45.5 Å². The van der Waals surface area contributed by atoms with Crippen LogP contribution >= 0.6 is 11.3 Å². The van der Waals surface area contributed by atoms with Crippen LogP contribution in [0.3, 0.4) is 0 Å². The summed E-state index contributed by atoms with van der Waals surface area (Å²) >= 11 is 0.858. The van der Waals surface area contributed by atoms with Crippen molar-refractivity contribution in [3.05, 3.63) is 75.6 Å². The Morgan fingerprint density at radius 1 is 0.923 bits per heavy atom. The fraction of sp³-hybridized carbons (Fsp3) is 0.154. The average molecular weight is 558 g/mol. The molecule has 2 aromatic carbocycles. The van der Waals surface area contributed by atoms with Gasteiger partial charge in [0, 0.05) is 29.1 Å². The van der Waals surface area contributed by atoms with E-state index in [1.165, 1.54) is 30.8 Å². The molecule has 2 N–H and O–H groups in total. The van der Waals surface area contributed by atoms with Crippen molar-refractivity contribution in [2.24, 2.45) is 0 Å². The molecule has 4 aromatic rings. The van der Waals surface area contributed by atoms with Gasteiger partial charge < -0.3 is 29.6 Å². The zero-order valence-corrected chi connectivity index (χ0v) is 21.6. The Balaban J connectivity index is 1.53. The Labute approximate surface area is 224 Å². The lowest BCUT2D eigenvalue weighted by Gasteiger charge is -2.15. The number of hydrogen-bond acceptors (Lipinski definition) is 9. The second-order valence-corrected chi connectivity index (χ2v) is 8.67. The van der Waals surface area contributed by atoms with Crippen molar-refractivity contribution >= 4 is 51.6 Å². The summed E-state index contributed by atoms with van der Waals surface area (Å²) in [7, 11) is 3.57. The number of carbonyl (C=O) groups excluding carboxylic acids is 3. The van der Waals surface area contributed by atoms with Crippen LogP contribution in [0.5, 0.6) is 11.5 Å². The summed E-state index contributed by atoms with van der Waals surface area (Å²) in [6, 6.07) is 7.61. The van der Waals surface area contributed by atoms with Gasteiger partial charge in [0.15, 0.2) is 17.3 Å². The number of urea groups is 1. The largest absolute Gasteiger partial charge is 0.493 e. The van der Waals surface area contributed by atoms with E-state index in [0.717, 1.165) is 31.6 Å². The summed E-state index contributed by atoms with van der Waals surface area (Å²) in [5.74, 6) is -3.07. The number of nitrogens with one attached hydrogen (secondary N) is 2. The molecule has 13 heteroatoms. The normalized spacial score (nSPS) is 10.6. The second-order valence-electron chi connectivity index (χ2n) is 7.79. The number of ether oxygens (including phenoxy) is 4. The fourth-order valence-electron chi connectivity index (χ4n) is 3.64. The zero-order valence-electron chi connectivity index (χ0n) is 20.8. The highest BCUT2D eigenvalue weighted by Crippen LogP contribution is 2.34. The SMILES string of the molecule is COC(=O)c1scc(NC(=O)Nc2cc(OC)c(OCc3c(F)ccc4cccnc34)cc2F)c1C(=O)OC. The van der Waals surface area contributed by atoms with Crippen LogP contribution in [0.4, 0.5) is 25.0 Å². The lowest BCUT2D eigenvalue weighted by molar-refractivity contribution is 0.0561. The van der Waals surface area contributed by atoms with E-state index < -0.39 is 29.6 Å². The molecule has 4 rings (SSSR count). The summed E-state index contributed by atoms with van der Waals surface area (Å²) in [4.78, 5) is 40.9. The third-order valence-corrected chi connectivity index (χ3v) is 6.46. The number of nitrogens with zero attached hydrogens (tertiary/aromatic N) is 1. The number of aromatic nitrogens is 1. The van der Waals surface area contributed by atoms with Crippen molar-refractivity contribution < 1.29 is 42.1 Å². The van der Waals surface area contributed by atoms with Gasteiger partial charge in [0.1, 0.15) is 22.9 Å². The van der Waals surface area contributed by atoms with Crippen molar-refractivity contribution in [1.82, 2.24) is 4.98 Å². The maximum absolute atomic E-state index is 14.9. The van der Waals surface area contributed by atoms with Crippen LogP contribution in [0.1, 0.15) is 25.6 Å². The molecule has 0 fully saturated rings. The number of amides is 2. The van der Waals surface area contributed by atoms with Crippen LogP contribution in [-0.4, -0.2) is 44.3 Å². The number of pyridine rings is 1. The number of carbonyl (C=O) groups is 3. The summed E-state index contributed by atoms with van der Waals surface area (Å²) in [6.07, 6.45) is 1.53. The Kier molecular flexibility index (Phi) is 8.20. The first-order valence-corrected chi connectivity index (χ1v) is 12.0. The number of benzene rings is 2. The van der Waals surface area contributed by atoms with E-state index >= 15 is 0 Å². The molecule has 0 aliphatic rings. The molecule has 2 amide bonds. The first kappa shape index (κ1) is 27.3. The first-order chi connectivity index (χ1) is 18.8. The highest BCUT2D eigenvalue weighted by atomic mass is 32.1. The molecule has 0 spiro atoms. The second kappa shape index (κ2) is 11.7. The number of fused-ring (bicyclic) bond motifs is 1. The number of halogens is 2. The van der Waals surface area contributed by atoms with Crippen LogP contribution in [0.2, 0.25) is 0 Å². The van der Waals surface area contributed by atoms with Gasteiger partial charge in [0.05, 0.1) is 43.8 Å². The van der Waals surface area contributed by atoms with Gasteiger partial charge in [-0.2, -0.15) is 0 Å². The van der Waals surface area contributed by atoms with Gasteiger partial charge in [-0.1, -0.05) is 6.07 Å². The molecular weight excluding hydrogens is 536 g/mol. The number of methoxy groups -OCH3 is 3. The van der Waals surface area contributed by atoms with Gasteiger partial charge in [-0.15, -0.1) is 11.3 Å². The number of rotatable bonds is 8. The van der Waals surface area contributed by atoms with E-state index in [4.69, 9.17) is 9.47 Å². The van der Waals surface area contributed by atoms with Gasteiger partial charge >= 0.3 is 18.0 Å². The van der Waals surface area contributed by atoms with Crippen LogP contribution < -0.4 is 20.1 Å². The van der Waals surface area contributed by atoms with Gasteiger partial charge in [-0.05, 0) is 18.2 Å². The Morgan fingerprint density at radius 2 is 1.67 bits per heavy atom. The molecule has 202 valence electrons. The molecule has 10 nitrogen and oxygen atoms in total. The van der Waals surface area contributed by atoms with Crippen LogP contribution in [-0.2, 0) is 16.1 Å². The molecule has 2 aromatic heterocycles. The molecule has 0 bridgehead atoms. The topological polar surface area (TPSA) is 125 Å². The lowest BCUT2D eigenvalue weighted by Crippen LogP contribution is -2.22. The number of esters is 2. The van der Waals surface area contributed by atoms with Crippen molar-refractivity contribution in [2.75, 3.05) is 32.0 Å². The molecule has 0 saturated heterocycles. The molecule has 39 heavy (non-hydrogen) atoms. The van der Waals surface area contributed by atoms with E-state index in [0.29, 0.717) is 10.9 Å². The van der Waals surface area contributed by atoms with Crippen molar-refractivity contribution in [2.45, 2.75) is 6.61 Å². The molecule has 0 aliphatic heterocycles. The van der Waals surface area contributed by atoms with E-state index in [1.54, 1.807) is 18.2 Å². The minimum Gasteiger partial charge on any atom is -0.493 e. The molecule has 0 saturated carbocycles. The first-order valence-electron chi connectivity index (χ1n) is 11.2. The highest BCUT2D eigenvalue weighted by Gasteiger charge is 2.26. The predicted octanol–water partition coefficient (Wildman–Crippen LogP) is 5.38. The standard InChI is InChI=1S/C26H21F2N3O7S/c1-35-19-10-17(30-26(34)31-18-12-39-23(25(33)37-3)21(18)24(32)36-2)16(28)9-20(19)38-11-14-15(27)7-6-13-5-4-8-29-22(13)14/h4-10,12H,11H2,1-3H3,(H2,30,31,34). The molecular formula is C26H21F2N3O7S. The van der Waals surface area contributed by atoms with Crippen molar-refractivity contribution in [3.8, 4) is 11.5 Å². The number of thiophene rings is 1. The lowest BCUT2D eigenvalue weighted by atomic mass is 10.1. The summed E-state index contributed by atoms with van der Waals surface area (Å²) in [5.41, 5.74) is 0.0599. The van der Waals surface area contributed by atoms with Crippen molar-refractivity contribution in [3.63, 3.8) is 0 Å². The van der Waals surface area contributed by atoms with E-state index in [2.05, 4.69) is 25.1 Å². The van der Waals surface area contributed by atoms with Gasteiger partial charge in [0.25, 0.3) is 0 Å². The average Bonchev–Trinajstić information content (AvgIpc) is 3.36. The van der Waals surface area contributed by atoms with Gasteiger partial charge in [-0.3, -0.25) is 4.98 Å². The van der Waals surface area contributed by atoms with Crippen LogP contribution in [0, 0.1) is 11.6 Å². The fourth-order valence-corrected chi connectivity index (χ4v) is 4.55. The number of hydrogen-bond donors (Lipinski definition) is 2. The molecule has 0 aliphatic carbocycles. The third kappa shape index (κ3) is 5.72. The Morgan fingerprint density at radius 3 is 2.38 bits per heavy atom. The third-order valence-electron chi connectivity index (χ3n) is 5.50. The maximum atomic E-state index is 14.9. The Hall–Kier alpha value is -4.78. The van der Waals surface area contributed by atoms with E-state index in [1.807, 2.05) is 0 Å². The van der Waals surface area contributed by atoms with Crippen molar-refractivity contribution in [1.29, 1.82) is 0 Å². The highest BCUT2D eigenvalue weighted by molar-refractivity contribution is 7.13. The zero-order chi connectivity index (χ0) is 28.1. The minimum atomic E-state index is -0.923. The molecule has 0 radical (unpaired) electrons. The van der Waals surface area contributed by atoms with Gasteiger partial charge in [0.2, 0.25) is 0 Å². The molecule has 0 atom stereocenters. The summed E-state index contributed by atoms with van der Waals surface area (Å²) in [6.45, 7) is -0.264. The van der Waals surface area contributed by atoms with Crippen LogP contribution in [0.15, 0.2) is 48.0 Å². The van der Waals surface area contributed by atoms with E-state index in [9.17, 15) is 23.2 Å².